The quantitative estimate of drug-likeness (QED) is 0.856. The van der Waals surface area contributed by atoms with Crippen LogP contribution in [0.4, 0.5) is 0 Å². The van der Waals surface area contributed by atoms with Crippen LogP contribution in [0.3, 0.4) is 0 Å². The van der Waals surface area contributed by atoms with Gasteiger partial charge >= 0.3 is 5.97 Å². The van der Waals surface area contributed by atoms with Crippen LogP contribution in [0.15, 0.2) is 22.7 Å². The summed E-state index contributed by atoms with van der Waals surface area (Å²) in [5, 5.41) is 9.59. The van der Waals surface area contributed by atoms with Crippen molar-refractivity contribution in [2.24, 2.45) is 0 Å². The first-order valence-electron chi connectivity index (χ1n) is 5.86. The largest absolute Gasteiger partial charge is 0.480 e. The zero-order valence-electron chi connectivity index (χ0n) is 10.5. The van der Waals surface area contributed by atoms with E-state index < -0.39 is 5.97 Å². The lowest BCUT2D eigenvalue weighted by Crippen LogP contribution is -2.33. The molecule has 0 aromatic heterocycles. The molecular weight excluding hydrogens is 318 g/mol. The predicted molar refractivity (Wildman–Crippen MR) is 77.1 cm³/mol. The second kappa shape index (κ2) is 7.12. The van der Waals surface area contributed by atoms with Crippen molar-refractivity contribution in [3.8, 4) is 0 Å². The third-order valence-electron chi connectivity index (χ3n) is 2.81. The highest BCUT2D eigenvalue weighted by atomic mass is 79.9. The Morgan fingerprint density at radius 1 is 1.56 bits per heavy atom. The van der Waals surface area contributed by atoms with Gasteiger partial charge in [0.15, 0.2) is 0 Å². The van der Waals surface area contributed by atoms with Crippen molar-refractivity contribution in [1.29, 1.82) is 0 Å². The highest BCUT2D eigenvalue weighted by Crippen LogP contribution is 2.29. The molecule has 3 nitrogen and oxygen atoms in total. The van der Waals surface area contributed by atoms with Crippen molar-refractivity contribution in [2.75, 3.05) is 13.1 Å². The molecule has 100 valence electrons. The summed E-state index contributed by atoms with van der Waals surface area (Å²) in [6, 6.07) is 5.67. The van der Waals surface area contributed by atoms with Gasteiger partial charge in [-0.25, -0.2) is 0 Å². The van der Waals surface area contributed by atoms with E-state index in [9.17, 15) is 4.79 Å². The molecule has 1 rings (SSSR count). The first-order valence-corrected chi connectivity index (χ1v) is 7.03. The fourth-order valence-corrected chi connectivity index (χ4v) is 2.74. The normalized spacial score (nSPS) is 12.7. The monoisotopic (exact) mass is 333 g/mol. The number of aliphatic carboxylic acids is 1. The van der Waals surface area contributed by atoms with E-state index in [0.29, 0.717) is 5.02 Å². The zero-order chi connectivity index (χ0) is 13.7. The van der Waals surface area contributed by atoms with Gasteiger partial charge in [0, 0.05) is 15.5 Å². The maximum absolute atomic E-state index is 10.9. The maximum atomic E-state index is 10.9. The summed E-state index contributed by atoms with van der Waals surface area (Å²) < 4.78 is 0.920. The first-order chi connectivity index (χ1) is 8.45. The van der Waals surface area contributed by atoms with E-state index in [1.807, 2.05) is 36.9 Å². The van der Waals surface area contributed by atoms with Crippen LogP contribution in [-0.4, -0.2) is 29.1 Å². The third kappa shape index (κ3) is 4.26. The van der Waals surface area contributed by atoms with E-state index in [-0.39, 0.29) is 12.6 Å². The number of rotatable bonds is 6. The number of carboxylic acid groups (broad SMARTS) is 1. The summed E-state index contributed by atoms with van der Waals surface area (Å²) in [7, 11) is 0. The van der Waals surface area contributed by atoms with Gasteiger partial charge < -0.3 is 5.11 Å². The van der Waals surface area contributed by atoms with Gasteiger partial charge in [0.2, 0.25) is 0 Å². The minimum Gasteiger partial charge on any atom is -0.480 e. The molecule has 0 heterocycles. The average molecular weight is 335 g/mol. The summed E-state index contributed by atoms with van der Waals surface area (Å²) in [5.74, 6) is -0.816. The van der Waals surface area contributed by atoms with Crippen LogP contribution in [0, 0.1) is 0 Å². The van der Waals surface area contributed by atoms with Crippen LogP contribution in [0.5, 0.6) is 0 Å². The Balaban J connectivity index is 2.93. The van der Waals surface area contributed by atoms with Gasteiger partial charge in [-0.2, -0.15) is 0 Å². The highest BCUT2D eigenvalue weighted by Gasteiger charge is 2.19. The lowest BCUT2D eigenvalue weighted by Gasteiger charge is -2.28. The number of halogens is 2. The molecule has 0 saturated carbocycles. The van der Waals surface area contributed by atoms with E-state index in [1.54, 1.807) is 0 Å². The summed E-state index contributed by atoms with van der Waals surface area (Å²) in [4.78, 5) is 12.8. The molecule has 0 aliphatic carbocycles. The molecule has 5 heteroatoms. The Hall–Kier alpha value is -0.580. The Bertz CT molecular complexity index is 425. The lowest BCUT2D eigenvalue weighted by atomic mass is 10.1. The van der Waals surface area contributed by atoms with Crippen LogP contribution in [0.25, 0.3) is 0 Å². The maximum Gasteiger partial charge on any atom is 0.317 e. The van der Waals surface area contributed by atoms with Gasteiger partial charge in [-0.05, 0) is 37.6 Å². The van der Waals surface area contributed by atoms with Gasteiger partial charge in [-0.3, -0.25) is 9.69 Å². The molecule has 0 fully saturated rings. The van der Waals surface area contributed by atoms with Crippen molar-refractivity contribution < 1.29 is 9.90 Å². The SMILES string of the molecule is CCCN(CC(=O)O)C(C)c1ccc(Br)cc1Cl. The Labute approximate surface area is 121 Å². The number of carboxylic acids is 1. The topological polar surface area (TPSA) is 40.5 Å². The van der Waals surface area contributed by atoms with Crippen LogP contribution >= 0.6 is 27.5 Å². The van der Waals surface area contributed by atoms with Gasteiger partial charge in [-0.1, -0.05) is 40.5 Å². The number of benzene rings is 1. The predicted octanol–water partition coefficient (Wildman–Crippen LogP) is 3.96. The number of hydrogen-bond donors (Lipinski definition) is 1. The standard InChI is InChI=1S/C13H17BrClNO2/c1-3-6-16(8-13(17)18)9(2)11-5-4-10(14)7-12(11)15/h4-5,7,9H,3,6,8H2,1-2H3,(H,17,18). The lowest BCUT2D eigenvalue weighted by molar-refractivity contribution is -0.138. The molecule has 0 spiro atoms. The van der Waals surface area contributed by atoms with Gasteiger partial charge in [0.05, 0.1) is 6.54 Å². The van der Waals surface area contributed by atoms with Gasteiger partial charge in [0.25, 0.3) is 0 Å². The van der Waals surface area contributed by atoms with Crippen LogP contribution in [0.2, 0.25) is 5.02 Å². The molecule has 1 unspecified atom stereocenters. The summed E-state index contributed by atoms with van der Waals surface area (Å²) in [6.45, 7) is 4.78. The number of carbonyl (C=O) groups is 1. The van der Waals surface area contributed by atoms with Crippen molar-refractivity contribution in [1.82, 2.24) is 4.90 Å². The molecule has 18 heavy (non-hydrogen) atoms. The van der Waals surface area contributed by atoms with Crippen molar-refractivity contribution in [2.45, 2.75) is 26.3 Å². The number of hydrogen-bond acceptors (Lipinski definition) is 2. The van der Waals surface area contributed by atoms with E-state index in [2.05, 4.69) is 15.9 Å². The fraction of sp³-hybridized carbons (Fsp3) is 0.462. The summed E-state index contributed by atoms with van der Waals surface area (Å²) >= 11 is 9.56. The molecule has 0 saturated heterocycles. The molecule has 1 N–H and O–H groups in total. The Kier molecular flexibility index (Phi) is 6.12. The molecule has 0 aliphatic heterocycles. The van der Waals surface area contributed by atoms with Gasteiger partial charge in [-0.15, -0.1) is 0 Å². The van der Waals surface area contributed by atoms with Crippen molar-refractivity contribution >= 4 is 33.5 Å². The number of nitrogens with zero attached hydrogens (tertiary/aromatic N) is 1. The second-order valence-electron chi connectivity index (χ2n) is 4.21. The average Bonchev–Trinajstić information content (AvgIpc) is 2.27. The minimum absolute atomic E-state index is 0.0124. The van der Waals surface area contributed by atoms with Gasteiger partial charge in [0.1, 0.15) is 0 Å². The van der Waals surface area contributed by atoms with E-state index in [4.69, 9.17) is 16.7 Å². The molecule has 1 aromatic carbocycles. The van der Waals surface area contributed by atoms with Crippen LogP contribution < -0.4 is 0 Å². The molecule has 0 amide bonds. The first kappa shape index (κ1) is 15.5. The zero-order valence-corrected chi connectivity index (χ0v) is 12.8. The molecule has 0 aliphatic rings. The summed E-state index contributed by atoms with van der Waals surface area (Å²) in [6.07, 6.45) is 0.908. The molecule has 1 aromatic rings. The molecule has 0 bridgehead atoms. The van der Waals surface area contributed by atoms with E-state index in [1.165, 1.54) is 0 Å². The van der Waals surface area contributed by atoms with Crippen molar-refractivity contribution in [3.63, 3.8) is 0 Å². The minimum atomic E-state index is -0.816. The Morgan fingerprint density at radius 3 is 2.72 bits per heavy atom. The third-order valence-corrected chi connectivity index (χ3v) is 3.63. The molecule has 1 atom stereocenters. The molecular formula is C13H17BrClNO2. The Morgan fingerprint density at radius 2 is 2.22 bits per heavy atom. The van der Waals surface area contributed by atoms with Crippen molar-refractivity contribution in [3.05, 3.63) is 33.3 Å². The second-order valence-corrected chi connectivity index (χ2v) is 5.53. The van der Waals surface area contributed by atoms with E-state index in [0.717, 1.165) is 23.0 Å². The van der Waals surface area contributed by atoms with Crippen LogP contribution in [-0.2, 0) is 4.79 Å². The van der Waals surface area contributed by atoms with E-state index >= 15 is 0 Å². The fourth-order valence-electron chi connectivity index (χ4n) is 1.91. The smallest absolute Gasteiger partial charge is 0.317 e. The highest BCUT2D eigenvalue weighted by molar-refractivity contribution is 9.10. The summed E-state index contributed by atoms with van der Waals surface area (Å²) in [5.41, 5.74) is 0.953. The molecule has 0 radical (unpaired) electrons. The van der Waals surface area contributed by atoms with Crippen LogP contribution in [0.1, 0.15) is 31.9 Å².